The van der Waals surface area contributed by atoms with Crippen molar-refractivity contribution in [3.63, 3.8) is 0 Å². The zero-order chi connectivity index (χ0) is 20.6. The molecular weight excluding hydrogens is 383 g/mol. The van der Waals surface area contributed by atoms with Gasteiger partial charge in [-0.1, -0.05) is 12.1 Å². The third kappa shape index (κ3) is 3.78. The Kier molecular flexibility index (Phi) is 4.70. The number of hydrogen-bond acceptors (Lipinski definition) is 3. The summed E-state index contributed by atoms with van der Waals surface area (Å²) in [5, 5.41) is 9.36. The van der Waals surface area contributed by atoms with E-state index in [-0.39, 0.29) is 17.0 Å². The second kappa shape index (κ2) is 7.20. The van der Waals surface area contributed by atoms with Gasteiger partial charge in [0, 0.05) is 29.4 Å². The predicted molar refractivity (Wildman–Crippen MR) is 101 cm³/mol. The number of nitrogens with one attached hydrogen (secondary N) is 2. The van der Waals surface area contributed by atoms with E-state index in [1.165, 1.54) is 18.3 Å². The van der Waals surface area contributed by atoms with Crippen molar-refractivity contribution >= 4 is 17.4 Å². The van der Waals surface area contributed by atoms with Gasteiger partial charge in [0.15, 0.2) is 5.78 Å². The fraction of sp³-hybridized carbons (Fsp3) is 0.190. The molecule has 0 unspecified atom stereocenters. The highest BCUT2D eigenvalue weighted by Crippen LogP contribution is 2.31. The number of carbonyl (C=O) groups is 2. The molecule has 0 radical (unpaired) electrons. The van der Waals surface area contributed by atoms with Crippen LogP contribution in [0.3, 0.4) is 0 Å². The number of carbonyl (C=O) groups excluding carboxylic acids is 2. The van der Waals surface area contributed by atoms with Gasteiger partial charge in [-0.25, -0.2) is 0 Å². The number of alkyl halides is 3. The van der Waals surface area contributed by atoms with Gasteiger partial charge in [0.2, 0.25) is 0 Å². The third-order valence-electron chi connectivity index (χ3n) is 4.88. The number of rotatable bonds is 3. The first-order chi connectivity index (χ1) is 13.8. The summed E-state index contributed by atoms with van der Waals surface area (Å²) in [5.41, 5.74) is 2.20. The summed E-state index contributed by atoms with van der Waals surface area (Å²) in [7, 11) is 0. The smallest absolute Gasteiger partial charge is 0.322 e. The quantitative estimate of drug-likeness (QED) is 0.660. The lowest BCUT2D eigenvalue weighted by Gasteiger charge is -2.16. The number of nitrogens with zero attached hydrogens (tertiary/aromatic N) is 1. The average molecular weight is 399 g/mol. The van der Waals surface area contributed by atoms with Crippen LogP contribution in [-0.4, -0.2) is 21.9 Å². The maximum atomic E-state index is 12.7. The van der Waals surface area contributed by atoms with Crippen molar-refractivity contribution in [3.05, 3.63) is 70.9 Å². The fourth-order valence-corrected chi connectivity index (χ4v) is 3.42. The van der Waals surface area contributed by atoms with Crippen LogP contribution in [0.5, 0.6) is 0 Å². The van der Waals surface area contributed by atoms with Crippen molar-refractivity contribution in [3.8, 4) is 11.3 Å². The molecule has 8 heteroatoms. The van der Waals surface area contributed by atoms with Crippen LogP contribution in [0.2, 0.25) is 0 Å². The average Bonchev–Trinajstić information content (AvgIpc) is 3.17. The van der Waals surface area contributed by atoms with E-state index in [1.54, 1.807) is 18.2 Å². The van der Waals surface area contributed by atoms with Crippen LogP contribution < -0.4 is 5.32 Å². The van der Waals surface area contributed by atoms with Gasteiger partial charge >= 0.3 is 6.18 Å². The summed E-state index contributed by atoms with van der Waals surface area (Å²) in [6, 6.07) is 9.61. The van der Waals surface area contributed by atoms with Gasteiger partial charge in [0.1, 0.15) is 5.69 Å². The standard InChI is InChI=1S/C21H16F3N3O2/c22-21(23,24)14-6-4-12(5-7-14)19-17(11-25-27-19)20(29)26-15-8-9-16-13(10-15)2-1-3-18(16)28/h4-11H,1-3H2,(H,25,27)(H,26,29). The Morgan fingerprint density at radius 1 is 1.07 bits per heavy atom. The normalized spacial score (nSPS) is 13.8. The van der Waals surface area contributed by atoms with Gasteiger partial charge in [0.25, 0.3) is 5.91 Å². The van der Waals surface area contributed by atoms with Gasteiger partial charge in [-0.3, -0.25) is 14.7 Å². The summed E-state index contributed by atoms with van der Waals surface area (Å²) >= 11 is 0. The van der Waals surface area contributed by atoms with E-state index < -0.39 is 17.6 Å². The number of aryl methyl sites for hydroxylation is 1. The lowest BCUT2D eigenvalue weighted by molar-refractivity contribution is -0.137. The van der Waals surface area contributed by atoms with Gasteiger partial charge < -0.3 is 5.32 Å². The monoisotopic (exact) mass is 399 g/mol. The summed E-state index contributed by atoms with van der Waals surface area (Å²) in [6.45, 7) is 0. The molecule has 148 valence electrons. The molecule has 5 nitrogen and oxygen atoms in total. The number of halogens is 3. The molecule has 1 heterocycles. The first-order valence-corrected chi connectivity index (χ1v) is 9.02. The SMILES string of the molecule is O=C1CCCc2cc(NC(=O)c3c[nH]nc3-c3ccc(C(F)(F)F)cc3)ccc21. The van der Waals surface area contributed by atoms with Gasteiger partial charge in [-0.15, -0.1) is 0 Å². The fourth-order valence-electron chi connectivity index (χ4n) is 3.42. The van der Waals surface area contributed by atoms with Crippen LogP contribution in [0, 0.1) is 0 Å². The van der Waals surface area contributed by atoms with Crippen LogP contribution in [-0.2, 0) is 12.6 Å². The first kappa shape index (κ1) is 18.9. The number of benzene rings is 2. The maximum Gasteiger partial charge on any atom is 0.416 e. The molecule has 1 aliphatic rings. The van der Waals surface area contributed by atoms with Crippen LogP contribution >= 0.6 is 0 Å². The number of amides is 1. The summed E-state index contributed by atoms with van der Waals surface area (Å²) < 4.78 is 38.2. The van der Waals surface area contributed by atoms with E-state index in [9.17, 15) is 22.8 Å². The van der Waals surface area contributed by atoms with Gasteiger partial charge in [0.05, 0.1) is 11.1 Å². The molecule has 29 heavy (non-hydrogen) atoms. The van der Waals surface area contributed by atoms with E-state index in [4.69, 9.17) is 0 Å². The van der Waals surface area contributed by atoms with E-state index in [1.807, 2.05) is 0 Å². The zero-order valence-electron chi connectivity index (χ0n) is 15.1. The van der Waals surface area contributed by atoms with Crippen molar-refractivity contribution in [1.82, 2.24) is 10.2 Å². The summed E-state index contributed by atoms with van der Waals surface area (Å²) in [6.07, 6.45) is -0.955. The molecule has 1 aliphatic carbocycles. The number of fused-ring (bicyclic) bond motifs is 1. The molecule has 3 aromatic rings. The lowest BCUT2D eigenvalue weighted by atomic mass is 9.90. The topological polar surface area (TPSA) is 74.8 Å². The highest BCUT2D eigenvalue weighted by Gasteiger charge is 2.30. The molecular formula is C21H16F3N3O2. The Morgan fingerprint density at radius 3 is 2.55 bits per heavy atom. The second-order valence-electron chi connectivity index (χ2n) is 6.83. The Labute approximate surface area is 163 Å². The number of aromatic amines is 1. The van der Waals surface area contributed by atoms with Crippen molar-refractivity contribution in [1.29, 1.82) is 0 Å². The summed E-state index contributed by atoms with van der Waals surface area (Å²) in [5.74, 6) is -0.348. The minimum absolute atomic E-state index is 0.101. The molecule has 0 spiro atoms. The van der Waals surface area contributed by atoms with Crippen molar-refractivity contribution < 1.29 is 22.8 Å². The number of Topliss-reactive ketones (excluding diaryl/α,β-unsaturated/α-hetero) is 1. The predicted octanol–water partition coefficient (Wildman–Crippen LogP) is 4.87. The van der Waals surface area contributed by atoms with Crippen LogP contribution in [0.1, 0.15) is 44.7 Å². The molecule has 4 rings (SSSR count). The molecule has 0 fully saturated rings. The molecule has 0 saturated carbocycles. The molecule has 0 aliphatic heterocycles. The Bertz CT molecular complexity index is 1090. The molecule has 2 N–H and O–H groups in total. The van der Waals surface area contributed by atoms with Crippen molar-refractivity contribution in [2.75, 3.05) is 5.32 Å². The number of anilines is 1. The molecule has 0 atom stereocenters. The van der Waals surface area contributed by atoms with E-state index >= 15 is 0 Å². The second-order valence-corrected chi connectivity index (χ2v) is 6.83. The summed E-state index contributed by atoms with van der Waals surface area (Å²) in [4.78, 5) is 24.6. The lowest BCUT2D eigenvalue weighted by Crippen LogP contribution is -2.15. The third-order valence-corrected chi connectivity index (χ3v) is 4.88. The molecule has 1 aromatic heterocycles. The maximum absolute atomic E-state index is 12.7. The molecule has 0 bridgehead atoms. The Morgan fingerprint density at radius 2 is 1.83 bits per heavy atom. The Hall–Kier alpha value is -3.42. The largest absolute Gasteiger partial charge is 0.416 e. The van der Waals surface area contributed by atoms with E-state index in [2.05, 4.69) is 15.5 Å². The minimum atomic E-state index is -4.43. The van der Waals surface area contributed by atoms with E-state index in [0.717, 1.165) is 30.5 Å². The highest BCUT2D eigenvalue weighted by atomic mass is 19.4. The number of aromatic nitrogens is 2. The van der Waals surface area contributed by atoms with Gasteiger partial charge in [-0.05, 0) is 48.7 Å². The highest BCUT2D eigenvalue weighted by molar-refractivity contribution is 6.08. The van der Waals surface area contributed by atoms with Crippen molar-refractivity contribution in [2.24, 2.45) is 0 Å². The van der Waals surface area contributed by atoms with Crippen LogP contribution in [0.15, 0.2) is 48.7 Å². The zero-order valence-corrected chi connectivity index (χ0v) is 15.1. The molecule has 0 saturated heterocycles. The van der Waals surface area contributed by atoms with Crippen molar-refractivity contribution in [2.45, 2.75) is 25.4 Å². The van der Waals surface area contributed by atoms with Gasteiger partial charge in [-0.2, -0.15) is 18.3 Å². The minimum Gasteiger partial charge on any atom is -0.322 e. The van der Waals surface area contributed by atoms with Crippen LogP contribution in [0.4, 0.5) is 18.9 Å². The number of ketones is 1. The number of H-pyrrole nitrogens is 1. The molecule has 1 amide bonds. The molecule has 2 aromatic carbocycles. The first-order valence-electron chi connectivity index (χ1n) is 9.02. The van der Waals surface area contributed by atoms with E-state index in [0.29, 0.717) is 23.2 Å². The number of hydrogen-bond donors (Lipinski definition) is 2. The van der Waals surface area contributed by atoms with Crippen LogP contribution in [0.25, 0.3) is 11.3 Å². The Balaban J connectivity index is 1.57.